The molecule has 3 nitrogen and oxygen atoms in total. The van der Waals surface area contributed by atoms with Crippen LogP contribution in [0.3, 0.4) is 0 Å². The number of rotatable bonds is 4. The van der Waals surface area contributed by atoms with E-state index >= 15 is 0 Å². The average molecular weight is 489 g/mol. The summed E-state index contributed by atoms with van der Waals surface area (Å²) in [5.41, 5.74) is 4.16. The molecule has 4 rings (SSSR count). The summed E-state index contributed by atoms with van der Waals surface area (Å²) in [6, 6.07) is 20.0. The lowest BCUT2D eigenvalue weighted by Crippen LogP contribution is -2.06. The summed E-state index contributed by atoms with van der Waals surface area (Å²) in [5.74, 6) is 1.69. The molecule has 1 aliphatic rings. The van der Waals surface area contributed by atoms with Gasteiger partial charge in [-0.2, -0.15) is 0 Å². The normalized spacial score (nSPS) is 15.9. The second-order valence-corrected chi connectivity index (χ2v) is 9.19. The largest absolute Gasteiger partial charge is 0.497 e. The van der Waals surface area contributed by atoms with Gasteiger partial charge in [0.05, 0.1) is 19.9 Å². The van der Waals surface area contributed by atoms with Crippen LogP contribution in [-0.2, 0) is 0 Å². The zero-order valence-corrected chi connectivity index (χ0v) is 19.1. The Hall–Kier alpha value is -1.95. The van der Waals surface area contributed by atoms with Crippen molar-refractivity contribution < 1.29 is 9.47 Å². The van der Waals surface area contributed by atoms with Crippen molar-refractivity contribution in [1.82, 2.24) is 0 Å². The minimum absolute atomic E-state index is 0.128. The number of ether oxygens (including phenoxy) is 2. The maximum atomic E-state index is 6.29. The van der Waals surface area contributed by atoms with Gasteiger partial charge in [0.15, 0.2) is 0 Å². The van der Waals surface area contributed by atoms with Crippen LogP contribution in [0.15, 0.2) is 75.0 Å². The topological polar surface area (TPSA) is 30.8 Å². The number of thioether (sulfide) groups is 1. The van der Waals surface area contributed by atoms with Crippen LogP contribution in [0.4, 0.5) is 5.69 Å². The third kappa shape index (κ3) is 4.47. The Morgan fingerprint density at radius 2 is 1.79 bits per heavy atom. The monoisotopic (exact) mass is 487 g/mol. The summed E-state index contributed by atoms with van der Waals surface area (Å²) in [5, 5.41) is 0.835. The molecule has 1 atom stereocenters. The molecule has 0 saturated carbocycles. The first-order valence-corrected chi connectivity index (χ1v) is 11.1. The van der Waals surface area contributed by atoms with Crippen LogP contribution in [0.2, 0.25) is 5.02 Å². The average Bonchev–Trinajstić information content (AvgIpc) is 2.93. The molecule has 6 heteroatoms. The third-order valence-corrected chi connectivity index (χ3v) is 6.80. The van der Waals surface area contributed by atoms with Crippen LogP contribution >= 0.6 is 39.3 Å². The highest BCUT2D eigenvalue weighted by atomic mass is 79.9. The number of halogens is 2. The van der Waals surface area contributed by atoms with Gasteiger partial charge in [0.2, 0.25) is 0 Å². The Labute approximate surface area is 188 Å². The van der Waals surface area contributed by atoms with Crippen molar-refractivity contribution >= 4 is 50.7 Å². The molecular formula is C23H19BrClNO2S. The SMILES string of the molecule is COc1ccc(C2=Nc3ccc(Cl)cc3SC(c3cc(Br)ccc3OC)C2)cc1. The van der Waals surface area contributed by atoms with Crippen molar-refractivity contribution in [3.05, 3.63) is 81.3 Å². The first kappa shape index (κ1) is 20.3. The number of nitrogens with zero attached hydrogens (tertiary/aromatic N) is 1. The molecule has 0 saturated heterocycles. The fraction of sp³-hybridized carbons (Fsp3) is 0.174. The molecule has 1 heterocycles. The highest BCUT2D eigenvalue weighted by Gasteiger charge is 2.25. The fourth-order valence-corrected chi connectivity index (χ4v) is 5.24. The zero-order chi connectivity index (χ0) is 20.4. The van der Waals surface area contributed by atoms with Crippen LogP contribution in [0.1, 0.15) is 22.8 Å². The molecule has 3 aromatic rings. The Bertz CT molecular complexity index is 1070. The first-order valence-electron chi connectivity index (χ1n) is 9.09. The Kier molecular flexibility index (Phi) is 6.18. The minimum Gasteiger partial charge on any atom is -0.497 e. The van der Waals surface area contributed by atoms with E-state index in [2.05, 4.69) is 34.1 Å². The van der Waals surface area contributed by atoms with E-state index < -0.39 is 0 Å². The van der Waals surface area contributed by atoms with Gasteiger partial charge in [0.25, 0.3) is 0 Å². The standard InChI is InChI=1S/C23H19BrClNO2S/c1-27-17-7-3-14(4-8-17)20-13-22(18-11-15(24)5-10-21(18)28-2)29-23-12-16(25)6-9-19(23)26-20/h3-12,22H,13H2,1-2H3. The summed E-state index contributed by atoms with van der Waals surface area (Å²) in [4.78, 5) is 6.07. The quantitative estimate of drug-likeness (QED) is 0.381. The van der Waals surface area contributed by atoms with Crippen LogP contribution in [0.5, 0.6) is 11.5 Å². The lowest BCUT2D eigenvalue weighted by Gasteiger charge is -2.19. The molecule has 0 radical (unpaired) electrons. The van der Waals surface area contributed by atoms with Gasteiger partial charge in [0, 0.05) is 37.3 Å². The molecule has 3 aromatic carbocycles. The second kappa shape index (κ2) is 8.82. The molecule has 0 fully saturated rings. The van der Waals surface area contributed by atoms with Gasteiger partial charge in [-0.25, -0.2) is 0 Å². The zero-order valence-electron chi connectivity index (χ0n) is 16.0. The van der Waals surface area contributed by atoms with Gasteiger partial charge in [-0.05, 0) is 66.2 Å². The maximum Gasteiger partial charge on any atom is 0.123 e. The summed E-state index contributed by atoms with van der Waals surface area (Å²) in [7, 11) is 3.38. The van der Waals surface area contributed by atoms with Crippen molar-refractivity contribution in [2.24, 2.45) is 4.99 Å². The van der Waals surface area contributed by atoms with Gasteiger partial charge in [-0.3, -0.25) is 4.99 Å². The van der Waals surface area contributed by atoms with Crippen molar-refractivity contribution in [3.63, 3.8) is 0 Å². The number of hydrogen-bond donors (Lipinski definition) is 0. The van der Waals surface area contributed by atoms with Crippen LogP contribution in [0.25, 0.3) is 0 Å². The predicted octanol–water partition coefficient (Wildman–Crippen LogP) is 7.48. The molecule has 0 aliphatic carbocycles. The summed E-state index contributed by atoms with van der Waals surface area (Å²) < 4.78 is 12.0. The van der Waals surface area contributed by atoms with Crippen LogP contribution < -0.4 is 9.47 Å². The van der Waals surface area contributed by atoms with E-state index in [1.54, 1.807) is 26.0 Å². The number of methoxy groups -OCH3 is 2. The molecule has 0 bridgehead atoms. The molecule has 0 spiro atoms. The van der Waals surface area contributed by atoms with Gasteiger partial charge >= 0.3 is 0 Å². The van der Waals surface area contributed by atoms with E-state index in [9.17, 15) is 0 Å². The Morgan fingerprint density at radius 1 is 1.00 bits per heavy atom. The molecule has 0 N–H and O–H groups in total. The van der Waals surface area contributed by atoms with Gasteiger partial charge in [0.1, 0.15) is 11.5 Å². The summed E-state index contributed by atoms with van der Waals surface area (Å²) in [6.07, 6.45) is 0.760. The van der Waals surface area contributed by atoms with E-state index in [4.69, 9.17) is 26.1 Å². The molecule has 1 aliphatic heterocycles. The molecule has 29 heavy (non-hydrogen) atoms. The van der Waals surface area contributed by atoms with Crippen molar-refractivity contribution in [3.8, 4) is 11.5 Å². The van der Waals surface area contributed by atoms with Gasteiger partial charge < -0.3 is 9.47 Å². The Morgan fingerprint density at radius 3 is 2.52 bits per heavy atom. The van der Waals surface area contributed by atoms with E-state index in [-0.39, 0.29) is 5.25 Å². The van der Waals surface area contributed by atoms with E-state index in [1.165, 1.54) is 0 Å². The van der Waals surface area contributed by atoms with Crippen molar-refractivity contribution in [1.29, 1.82) is 0 Å². The molecule has 1 unspecified atom stereocenters. The van der Waals surface area contributed by atoms with E-state index in [1.807, 2.05) is 42.5 Å². The van der Waals surface area contributed by atoms with Crippen LogP contribution in [-0.4, -0.2) is 19.9 Å². The lowest BCUT2D eigenvalue weighted by molar-refractivity contribution is 0.409. The number of fused-ring (bicyclic) bond motifs is 1. The summed E-state index contributed by atoms with van der Waals surface area (Å²) in [6.45, 7) is 0. The lowest BCUT2D eigenvalue weighted by atomic mass is 10.0. The fourth-order valence-electron chi connectivity index (χ4n) is 3.33. The van der Waals surface area contributed by atoms with Crippen LogP contribution in [0, 0.1) is 0 Å². The molecule has 148 valence electrons. The first-order chi connectivity index (χ1) is 14.1. The van der Waals surface area contributed by atoms with Gasteiger partial charge in [-0.15, -0.1) is 11.8 Å². The number of benzene rings is 3. The molecular weight excluding hydrogens is 470 g/mol. The number of hydrogen-bond acceptors (Lipinski definition) is 4. The minimum atomic E-state index is 0.128. The van der Waals surface area contributed by atoms with Crippen molar-refractivity contribution in [2.75, 3.05) is 14.2 Å². The Balaban J connectivity index is 1.83. The smallest absolute Gasteiger partial charge is 0.123 e. The molecule has 0 aromatic heterocycles. The molecule has 0 amide bonds. The maximum absolute atomic E-state index is 6.29. The third-order valence-electron chi connectivity index (χ3n) is 4.79. The van der Waals surface area contributed by atoms with E-state index in [0.717, 1.165) is 49.8 Å². The van der Waals surface area contributed by atoms with E-state index in [0.29, 0.717) is 5.02 Å². The number of aliphatic imine (C=N–C) groups is 1. The summed E-state index contributed by atoms with van der Waals surface area (Å²) >= 11 is 11.7. The van der Waals surface area contributed by atoms with Gasteiger partial charge in [-0.1, -0.05) is 27.5 Å². The van der Waals surface area contributed by atoms with Crippen molar-refractivity contribution in [2.45, 2.75) is 16.6 Å². The highest BCUT2D eigenvalue weighted by molar-refractivity contribution is 9.10. The predicted molar refractivity (Wildman–Crippen MR) is 125 cm³/mol. The second-order valence-electron chi connectivity index (χ2n) is 6.60. The highest BCUT2D eigenvalue weighted by Crippen LogP contribution is 2.48.